The summed E-state index contributed by atoms with van der Waals surface area (Å²) in [6.45, 7) is 6.77. The maximum Gasteiger partial charge on any atom is 0.0270 e. The molecule has 1 aromatic rings. The molecule has 0 bridgehead atoms. The molecule has 0 amide bonds. The molecule has 1 aromatic heterocycles. The van der Waals surface area contributed by atoms with E-state index in [4.69, 9.17) is 0 Å². The number of pyridine rings is 1. The third kappa shape index (κ3) is 3.06. The number of rotatable bonds is 5. The average molecular weight is 232 g/mol. The van der Waals surface area contributed by atoms with Gasteiger partial charge in [0.1, 0.15) is 0 Å². The molecular formula is C15H24N2. The zero-order valence-electron chi connectivity index (χ0n) is 11.1. The standard InChI is InChI=1S/C15H24N2/c1-13(2)11-17-12-15(7-3-4-8-15)14-5-9-16-10-6-14/h5-6,9-10,13,17H,3-4,7-8,11-12H2,1-2H3. The maximum absolute atomic E-state index is 4.14. The van der Waals surface area contributed by atoms with Crippen molar-refractivity contribution in [1.82, 2.24) is 10.3 Å². The Balaban J connectivity index is 2.05. The van der Waals surface area contributed by atoms with Crippen LogP contribution in [0, 0.1) is 5.92 Å². The van der Waals surface area contributed by atoms with Crippen LogP contribution in [0.1, 0.15) is 45.1 Å². The summed E-state index contributed by atoms with van der Waals surface area (Å²) in [5.74, 6) is 0.728. The van der Waals surface area contributed by atoms with Gasteiger partial charge >= 0.3 is 0 Å². The van der Waals surface area contributed by atoms with Crippen molar-refractivity contribution in [3.63, 3.8) is 0 Å². The number of nitrogens with zero attached hydrogens (tertiary/aromatic N) is 1. The zero-order chi connectivity index (χ0) is 12.1. The fourth-order valence-corrected chi connectivity index (χ4v) is 2.92. The summed E-state index contributed by atoms with van der Waals surface area (Å²) < 4.78 is 0. The van der Waals surface area contributed by atoms with Gasteiger partial charge in [0.05, 0.1) is 0 Å². The zero-order valence-corrected chi connectivity index (χ0v) is 11.1. The van der Waals surface area contributed by atoms with Crippen molar-refractivity contribution in [2.75, 3.05) is 13.1 Å². The fraction of sp³-hybridized carbons (Fsp3) is 0.667. The minimum absolute atomic E-state index is 0.373. The summed E-state index contributed by atoms with van der Waals surface area (Å²) in [5, 5.41) is 3.65. The van der Waals surface area contributed by atoms with Crippen LogP contribution in [-0.4, -0.2) is 18.1 Å². The predicted molar refractivity (Wildman–Crippen MR) is 72.1 cm³/mol. The molecule has 0 aliphatic heterocycles. The van der Waals surface area contributed by atoms with E-state index in [0.29, 0.717) is 5.41 Å². The quantitative estimate of drug-likeness (QED) is 0.843. The van der Waals surface area contributed by atoms with Crippen molar-refractivity contribution in [2.24, 2.45) is 5.92 Å². The topological polar surface area (TPSA) is 24.9 Å². The summed E-state index contributed by atoms with van der Waals surface area (Å²) >= 11 is 0. The first kappa shape index (κ1) is 12.6. The lowest BCUT2D eigenvalue weighted by atomic mass is 9.79. The molecule has 2 nitrogen and oxygen atoms in total. The van der Waals surface area contributed by atoms with Gasteiger partial charge < -0.3 is 5.32 Å². The Hall–Kier alpha value is -0.890. The van der Waals surface area contributed by atoms with Gasteiger partial charge in [0.15, 0.2) is 0 Å². The molecule has 1 saturated carbocycles. The molecule has 1 N–H and O–H groups in total. The van der Waals surface area contributed by atoms with Gasteiger partial charge in [-0.05, 0) is 43.0 Å². The van der Waals surface area contributed by atoms with Crippen LogP contribution in [0.4, 0.5) is 0 Å². The van der Waals surface area contributed by atoms with Gasteiger partial charge in [-0.2, -0.15) is 0 Å². The number of aromatic nitrogens is 1. The smallest absolute Gasteiger partial charge is 0.0270 e. The third-order valence-electron chi connectivity index (χ3n) is 3.87. The summed E-state index contributed by atoms with van der Waals surface area (Å²) in [7, 11) is 0. The Morgan fingerprint density at radius 2 is 1.88 bits per heavy atom. The van der Waals surface area contributed by atoms with Gasteiger partial charge in [-0.15, -0.1) is 0 Å². The maximum atomic E-state index is 4.14. The molecule has 1 aliphatic rings. The van der Waals surface area contributed by atoms with Gasteiger partial charge in [-0.25, -0.2) is 0 Å². The van der Waals surface area contributed by atoms with E-state index in [1.54, 1.807) is 0 Å². The molecule has 2 rings (SSSR count). The van der Waals surface area contributed by atoms with E-state index in [9.17, 15) is 0 Å². The van der Waals surface area contributed by atoms with Gasteiger partial charge in [0.25, 0.3) is 0 Å². The van der Waals surface area contributed by atoms with Crippen LogP contribution < -0.4 is 5.32 Å². The molecule has 1 fully saturated rings. The van der Waals surface area contributed by atoms with E-state index in [-0.39, 0.29) is 0 Å². The van der Waals surface area contributed by atoms with Crippen LogP contribution in [0.15, 0.2) is 24.5 Å². The Morgan fingerprint density at radius 3 is 2.47 bits per heavy atom. The Labute approximate surface area is 105 Å². The molecule has 0 saturated heterocycles. The third-order valence-corrected chi connectivity index (χ3v) is 3.87. The van der Waals surface area contributed by atoms with Crippen LogP contribution in [0.3, 0.4) is 0 Å². The SMILES string of the molecule is CC(C)CNCC1(c2ccncc2)CCCC1. The van der Waals surface area contributed by atoms with Gasteiger partial charge in [0, 0.05) is 24.4 Å². The minimum atomic E-state index is 0.373. The van der Waals surface area contributed by atoms with Crippen molar-refractivity contribution in [3.05, 3.63) is 30.1 Å². The first-order valence-electron chi connectivity index (χ1n) is 6.84. The summed E-state index contributed by atoms with van der Waals surface area (Å²) in [6, 6.07) is 4.39. The van der Waals surface area contributed by atoms with Crippen molar-refractivity contribution in [2.45, 2.75) is 44.9 Å². The van der Waals surface area contributed by atoms with Crippen LogP contribution >= 0.6 is 0 Å². The lowest BCUT2D eigenvalue weighted by Gasteiger charge is -2.30. The highest BCUT2D eigenvalue weighted by atomic mass is 14.9. The molecule has 94 valence electrons. The normalized spacial score (nSPS) is 18.8. The average Bonchev–Trinajstić information content (AvgIpc) is 2.80. The number of hydrogen-bond acceptors (Lipinski definition) is 2. The molecule has 1 aliphatic carbocycles. The molecule has 0 radical (unpaired) electrons. The highest BCUT2D eigenvalue weighted by Gasteiger charge is 2.34. The molecule has 1 heterocycles. The van der Waals surface area contributed by atoms with Gasteiger partial charge in [0.2, 0.25) is 0 Å². The van der Waals surface area contributed by atoms with Crippen LogP contribution in [-0.2, 0) is 5.41 Å². The second-order valence-corrected chi connectivity index (χ2v) is 5.75. The lowest BCUT2D eigenvalue weighted by Crippen LogP contribution is -2.37. The molecule has 0 unspecified atom stereocenters. The summed E-state index contributed by atoms with van der Waals surface area (Å²) in [4.78, 5) is 4.14. The Bertz CT molecular complexity index is 326. The van der Waals surface area contributed by atoms with Crippen LogP contribution in [0.5, 0.6) is 0 Å². The highest BCUT2D eigenvalue weighted by molar-refractivity contribution is 5.24. The second kappa shape index (κ2) is 5.63. The number of nitrogens with one attached hydrogen (secondary N) is 1. The van der Waals surface area contributed by atoms with E-state index >= 15 is 0 Å². The Morgan fingerprint density at radius 1 is 1.24 bits per heavy atom. The monoisotopic (exact) mass is 232 g/mol. The largest absolute Gasteiger partial charge is 0.316 e. The molecule has 0 atom stereocenters. The van der Waals surface area contributed by atoms with Gasteiger partial charge in [-0.3, -0.25) is 4.98 Å². The first-order chi connectivity index (χ1) is 8.23. The molecule has 0 spiro atoms. The van der Waals surface area contributed by atoms with Crippen molar-refractivity contribution < 1.29 is 0 Å². The van der Waals surface area contributed by atoms with E-state index in [0.717, 1.165) is 19.0 Å². The molecule has 2 heteroatoms. The second-order valence-electron chi connectivity index (χ2n) is 5.75. The van der Waals surface area contributed by atoms with Crippen molar-refractivity contribution in [3.8, 4) is 0 Å². The van der Waals surface area contributed by atoms with Gasteiger partial charge in [-0.1, -0.05) is 26.7 Å². The molecule has 0 aromatic carbocycles. The van der Waals surface area contributed by atoms with Crippen LogP contribution in [0.2, 0.25) is 0 Å². The predicted octanol–water partition coefficient (Wildman–Crippen LogP) is 3.14. The lowest BCUT2D eigenvalue weighted by molar-refractivity contribution is 0.390. The Kier molecular flexibility index (Phi) is 4.16. The summed E-state index contributed by atoms with van der Waals surface area (Å²) in [6.07, 6.45) is 9.23. The van der Waals surface area contributed by atoms with E-state index in [1.807, 2.05) is 12.4 Å². The minimum Gasteiger partial charge on any atom is -0.316 e. The van der Waals surface area contributed by atoms with Crippen molar-refractivity contribution >= 4 is 0 Å². The molecular weight excluding hydrogens is 208 g/mol. The summed E-state index contributed by atoms with van der Waals surface area (Å²) in [5.41, 5.74) is 1.85. The van der Waals surface area contributed by atoms with E-state index < -0.39 is 0 Å². The van der Waals surface area contributed by atoms with Crippen molar-refractivity contribution in [1.29, 1.82) is 0 Å². The van der Waals surface area contributed by atoms with E-state index in [1.165, 1.54) is 31.2 Å². The highest BCUT2D eigenvalue weighted by Crippen LogP contribution is 2.40. The number of hydrogen-bond donors (Lipinski definition) is 1. The first-order valence-corrected chi connectivity index (χ1v) is 6.84. The van der Waals surface area contributed by atoms with E-state index in [2.05, 4.69) is 36.3 Å². The van der Waals surface area contributed by atoms with Crippen LogP contribution in [0.25, 0.3) is 0 Å². The fourth-order valence-electron chi connectivity index (χ4n) is 2.92. The molecule has 17 heavy (non-hydrogen) atoms.